The minimum atomic E-state index is -0.163. The summed E-state index contributed by atoms with van der Waals surface area (Å²) in [6, 6.07) is 0.0729. The second kappa shape index (κ2) is 7.64. The molecule has 1 aromatic rings. The van der Waals surface area contributed by atoms with Gasteiger partial charge >= 0.3 is 0 Å². The van der Waals surface area contributed by atoms with Crippen LogP contribution in [0.15, 0.2) is 0 Å². The van der Waals surface area contributed by atoms with Crippen LogP contribution in [0.2, 0.25) is 0 Å². The summed E-state index contributed by atoms with van der Waals surface area (Å²) in [6.45, 7) is 13.6. The lowest BCUT2D eigenvalue weighted by Gasteiger charge is -2.25. The SMILES string of the molecule is CC(C)NC(=O)c1c(N)nsc1NCC(C(C)C)C(C)C. The molecule has 0 unspecified atom stereocenters. The van der Waals surface area contributed by atoms with Crippen molar-refractivity contribution in [2.75, 3.05) is 17.6 Å². The molecule has 1 aromatic heterocycles. The van der Waals surface area contributed by atoms with Gasteiger partial charge in [0.15, 0.2) is 5.82 Å². The molecule has 0 saturated heterocycles. The summed E-state index contributed by atoms with van der Waals surface area (Å²) in [4.78, 5) is 12.2. The number of nitrogens with zero attached hydrogens (tertiary/aromatic N) is 1. The molecule has 0 aliphatic heterocycles. The van der Waals surface area contributed by atoms with Crippen LogP contribution in [-0.2, 0) is 0 Å². The van der Waals surface area contributed by atoms with Crippen molar-refractivity contribution >= 4 is 28.3 Å². The van der Waals surface area contributed by atoms with Crippen LogP contribution in [0.5, 0.6) is 0 Å². The number of nitrogen functional groups attached to an aromatic ring is 1. The van der Waals surface area contributed by atoms with Crippen molar-refractivity contribution in [1.29, 1.82) is 0 Å². The highest BCUT2D eigenvalue weighted by atomic mass is 32.1. The first kappa shape index (κ1) is 17.8. The average molecular weight is 312 g/mol. The Morgan fingerprint density at radius 1 is 1.19 bits per heavy atom. The maximum Gasteiger partial charge on any atom is 0.258 e. The molecule has 0 spiro atoms. The lowest BCUT2D eigenvalue weighted by molar-refractivity contribution is 0.0945. The number of rotatable bonds is 7. The Balaban J connectivity index is 2.83. The fourth-order valence-electron chi connectivity index (χ4n) is 2.43. The molecular weight excluding hydrogens is 284 g/mol. The van der Waals surface area contributed by atoms with Gasteiger partial charge in [0.05, 0.1) is 0 Å². The molecule has 1 rings (SSSR count). The van der Waals surface area contributed by atoms with Gasteiger partial charge in [-0.05, 0) is 43.1 Å². The van der Waals surface area contributed by atoms with E-state index in [1.807, 2.05) is 13.8 Å². The molecule has 0 aliphatic rings. The normalized spacial score (nSPS) is 11.7. The summed E-state index contributed by atoms with van der Waals surface area (Å²) in [6.07, 6.45) is 0. The first-order valence-electron chi connectivity index (χ1n) is 7.53. The van der Waals surface area contributed by atoms with E-state index in [1.54, 1.807) is 0 Å². The highest BCUT2D eigenvalue weighted by molar-refractivity contribution is 7.11. The van der Waals surface area contributed by atoms with Gasteiger partial charge in [-0.25, -0.2) is 0 Å². The highest BCUT2D eigenvalue weighted by Gasteiger charge is 2.22. The molecule has 0 aromatic carbocycles. The minimum Gasteiger partial charge on any atom is -0.382 e. The molecule has 0 fully saturated rings. The Bertz CT molecular complexity index is 460. The zero-order valence-electron chi connectivity index (χ0n) is 13.9. The Morgan fingerprint density at radius 2 is 1.76 bits per heavy atom. The van der Waals surface area contributed by atoms with E-state index < -0.39 is 0 Å². The van der Waals surface area contributed by atoms with Crippen LogP contribution >= 0.6 is 11.5 Å². The minimum absolute atomic E-state index is 0.0729. The molecule has 21 heavy (non-hydrogen) atoms. The van der Waals surface area contributed by atoms with Gasteiger partial charge in [-0.2, -0.15) is 4.37 Å². The summed E-state index contributed by atoms with van der Waals surface area (Å²) in [5.41, 5.74) is 6.31. The van der Waals surface area contributed by atoms with Crippen molar-refractivity contribution in [3.8, 4) is 0 Å². The number of anilines is 2. The van der Waals surface area contributed by atoms with Gasteiger partial charge < -0.3 is 16.4 Å². The summed E-state index contributed by atoms with van der Waals surface area (Å²) in [5.74, 6) is 1.83. The lowest BCUT2D eigenvalue weighted by Crippen LogP contribution is -2.31. The third-order valence-electron chi connectivity index (χ3n) is 3.58. The maximum atomic E-state index is 12.2. The molecule has 0 saturated carbocycles. The van der Waals surface area contributed by atoms with Crippen LogP contribution in [0.3, 0.4) is 0 Å². The third kappa shape index (κ3) is 4.88. The average Bonchev–Trinajstić information content (AvgIpc) is 2.69. The van der Waals surface area contributed by atoms with Gasteiger partial charge in [0.1, 0.15) is 10.6 Å². The van der Waals surface area contributed by atoms with Crippen molar-refractivity contribution in [2.24, 2.45) is 17.8 Å². The van der Waals surface area contributed by atoms with E-state index in [0.717, 1.165) is 11.5 Å². The topological polar surface area (TPSA) is 80.0 Å². The van der Waals surface area contributed by atoms with Crippen molar-refractivity contribution in [2.45, 2.75) is 47.6 Å². The Labute approximate surface area is 131 Å². The second-order valence-corrected chi connectivity index (χ2v) is 7.21. The molecule has 0 bridgehead atoms. The summed E-state index contributed by atoms with van der Waals surface area (Å²) in [5, 5.41) is 6.99. The number of amides is 1. The van der Waals surface area contributed by atoms with Gasteiger partial charge in [0, 0.05) is 12.6 Å². The summed E-state index contributed by atoms with van der Waals surface area (Å²) < 4.78 is 4.11. The first-order chi connectivity index (χ1) is 9.73. The number of nitrogens with two attached hydrogens (primary N) is 1. The van der Waals surface area contributed by atoms with E-state index >= 15 is 0 Å². The molecule has 1 amide bonds. The Hall–Kier alpha value is -1.30. The fraction of sp³-hybridized carbons (Fsp3) is 0.733. The molecule has 5 nitrogen and oxygen atoms in total. The van der Waals surface area contributed by atoms with Crippen LogP contribution in [0.25, 0.3) is 0 Å². The highest BCUT2D eigenvalue weighted by Crippen LogP contribution is 2.28. The number of hydrogen-bond acceptors (Lipinski definition) is 5. The van der Waals surface area contributed by atoms with Crippen molar-refractivity contribution in [3.63, 3.8) is 0 Å². The van der Waals surface area contributed by atoms with E-state index in [9.17, 15) is 4.79 Å². The smallest absolute Gasteiger partial charge is 0.258 e. The molecule has 6 heteroatoms. The van der Waals surface area contributed by atoms with Crippen LogP contribution in [0, 0.1) is 17.8 Å². The van der Waals surface area contributed by atoms with E-state index in [4.69, 9.17) is 5.73 Å². The van der Waals surface area contributed by atoms with Gasteiger partial charge in [-0.15, -0.1) is 0 Å². The van der Waals surface area contributed by atoms with Crippen LogP contribution in [0.1, 0.15) is 51.9 Å². The molecule has 1 heterocycles. The lowest BCUT2D eigenvalue weighted by atomic mass is 9.85. The zero-order chi connectivity index (χ0) is 16.2. The van der Waals surface area contributed by atoms with E-state index in [-0.39, 0.29) is 11.9 Å². The van der Waals surface area contributed by atoms with Gasteiger partial charge in [0.25, 0.3) is 5.91 Å². The standard InChI is InChI=1S/C15H28N4OS/c1-8(2)11(9(3)4)7-17-15-12(13(16)19-21-15)14(20)18-10(5)6/h8-11,17H,7H2,1-6H3,(H2,16,19)(H,18,20). The number of carbonyl (C=O) groups is 1. The fourth-order valence-corrected chi connectivity index (χ4v) is 3.15. The molecule has 120 valence electrons. The monoisotopic (exact) mass is 312 g/mol. The zero-order valence-corrected chi connectivity index (χ0v) is 14.7. The molecule has 0 radical (unpaired) electrons. The molecule has 4 N–H and O–H groups in total. The molecular formula is C15H28N4OS. The summed E-state index contributed by atoms with van der Waals surface area (Å²) >= 11 is 1.25. The van der Waals surface area contributed by atoms with E-state index in [2.05, 4.69) is 42.7 Å². The van der Waals surface area contributed by atoms with Crippen LogP contribution in [0.4, 0.5) is 10.8 Å². The number of aromatic nitrogens is 1. The van der Waals surface area contributed by atoms with Crippen molar-refractivity contribution < 1.29 is 4.79 Å². The largest absolute Gasteiger partial charge is 0.382 e. The van der Waals surface area contributed by atoms with Crippen molar-refractivity contribution in [1.82, 2.24) is 9.69 Å². The predicted molar refractivity (Wildman–Crippen MR) is 90.8 cm³/mol. The number of hydrogen-bond donors (Lipinski definition) is 3. The van der Waals surface area contributed by atoms with Crippen LogP contribution in [-0.4, -0.2) is 22.9 Å². The Kier molecular flexibility index (Phi) is 6.45. The van der Waals surface area contributed by atoms with Crippen molar-refractivity contribution in [3.05, 3.63) is 5.56 Å². The number of carbonyl (C=O) groups excluding carboxylic acids is 1. The third-order valence-corrected chi connectivity index (χ3v) is 4.40. The van der Waals surface area contributed by atoms with E-state index in [1.165, 1.54) is 11.5 Å². The molecule has 0 aliphatic carbocycles. The first-order valence-corrected chi connectivity index (χ1v) is 8.31. The van der Waals surface area contributed by atoms with Crippen LogP contribution < -0.4 is 16.4 Å². The van der Waals surface area contributed by atoms with E-state index in [0.29, 0.717) is 29.1 Å². The Morgan fingerprint density at radius 3 is 2.24 bits per heavy atom. The summed E-state index contributed by atoms with van der Waals surface area (Å²) in [7, 11) is 0. The predicted octanol–water partition coefficient (Wildman–Crippen LogP) is 3.20. The van der Waals surface area contributed by atoms with Gasteiger partial charge in [-0.3, -0.25) is 4.79 Å². The quantitative estimate of drug-likeness (QED) is 0.722. The second-order valence-electron chi connectivity index (χ2n) is 6.43. The van der Waals surface area contributed by atoms with Gasteiger partial charge in [-0.1, -0.05) is 27.7 Å². The number of nitrogens with one attached hydrogen (secondary N) is 2. The molecule has 0 atom stereocenters. The maximum absolute atomic E-state index is 12.2. The van der Waals surface area contributed by atoms with Gasteiger partial charge in [0.2, 0.25) is 0 Å².